The van der Waals surface area contributed by atoms with E-state index in [1.807, 2.05) is 24.3 Å². The molecule has 0 saturated heterocycles. The normalized spacial score (nSPS) is 15.3. The highest BCUT2D eigenvalue weighted by Gasteiger charge is 2.18. The molecule has 146 valence electrons. The summed E-state index contributed by atoms with van der Waals surface area (Å²) in [6.07, 6.45) is 1.15. The van der Waals surface area contributed by atoms with E-state index >= 15 is 0 Å². The molecular weight excluding hydrogens is 354 g/mol. The number of fused-ring (bicyclic) bond motifs is 2. The van der Waals surface area contributed by atoms with Crippen LogP contribution in [0, 0.1) is 0 Å². The Balaban J connectivity index is 1.19. The van der Waals surface area contributed by atoms with Crippen LogP contribution in [-0.4, -0.2) is 46.6 Å². The van der Waals surface area contributed by atoms with Crippen LogP contribution in [-0.2, 0) is 24.2 Å². The number of oxazole rings is 1. The lowest BCUT2D eigenvalue weighted by molar-refractivity contribution is -0.121. The first-order chi connectivity index (χ1) is 13.7. The van der Waals surface area contributed by atoms with Gasteiger partial charge >= 0.3 is 0 Å². The van der Waals surface area contributed by atoms with E-state index in [1.165, 1.54) is 11.1 Å². The first kappa shape index (κ1) is 18.7. The summed E-state index contributed by atoms with van der Waals surface area (Å²) in [5.74, 6) is 0.453. The Morgan fingerprint density at radius 2 is 1.96 bits per heavy atom. The summed E-state index contributed by atoms with van der Waals surface area (Å²) in [6, 6.07) is 16.0. The smallest absolute Gasteiger partial charge is 0.220 e. The van der Waals surface area contributed by atoms with Gasteiger partial charge in [-0.05, 0) is 29.7 Å². The standard InChI is InChI=1S/C22H25N3O3/c26-18(15-25-12-11-16-5-1-2-6-17(16)14-25)13-23-21(27)9-10-22-24-19-7-3-4-8-20(19)28-22/h1-8,18,26H,9-15H2,(H,23,27). The van der Waals surface area contributed by atoms with Crippen LogP contribution in [0.4, 0.5) is 0 Å². The summed E-state index contributed by atoms with van der Waals surface area (Å²) >= 11 is 0. The van der Waals surface area contributed by atoms with Gasteiger partial charge in [0.1, 0.15) is 5.52 Å². The van der Waals surface area contributed by atoms with E-state index < -0.39 is 6.10 Å². The van der Waals surface area contributed by atoms with Crippen LogP contribution in [0.25, 0.3) is 11.1 Å². The zero-order valence-corrected chi connectivity index (χ0v) is 15.8. The predicted molar refractivity (Wildman–Crippen MR) is 107 cm³/mol. The second kappa shape index (κ2) is 8.54. The number of para-hydroxylation sites is 2. The summed E-state index contributed by atoms with van der Waals surface area (Å²) in [7, 11) is 0. The second-order valence-corrected chi connectivity index (χ2v) is 7.29. The average Bonchev–Trinajstić information content (AvgIpc) is 3.14. The number of hydrogen-bond acceptors (Lipinski definition) is 5. The van der Waals surface area contributed by atoms with Gasteiger partial charge in [-0.25, -0.2) is 4.98 Å². The molecule has 6 nitrogen and oxygen atoms in total. The van der Waals surface area contributed by atoms with E-state index in [-0.39, 0.29) is 18.9 Å². The minimum Gasteiger partial charge on any atom is -0.441 e. The Morgan fingerprint density at radius 3 is 2.82 bits per heavy atom. The van der Waals surface area contributed by atoms with Gasteiger partial charge in [0.25, 0.3) is 0 Å². The van der Waals surface area contributed by atoms with Gasteiger partial charge in [0, 0.05) is 39.0 Å². The summed E-state index contributed by atoms with van der Waals surface area (Å²) in [5.41, 5.74) is 4.25. The Morgan fingerprint density at radius 1 is 1.18 bits per heavy atom. The fourth-order valence-electron chi connectivity index (χ4n) is 3.64. The molecule has 0 spiro atoms. The largest absolute Gasteiger partial charge is 0.441 e. The molecule has 1 aromatic heterocycles. The number of β-amino-alcohol motifs (C(OH)–C–C–N with tert-alkyl or cyclic N) is 1. The summed E-state index contributed by atoms with van der Waals surface area (Å²) in [5, 5.41) is 13.1. The molecule has 3 aromatic rings. The maximum Gasteiger partial charge on any atom is 0.220 e. The number of benzene rings is 2. The maximum atomic E-state index is 12.1. The molecule has 1 unspecified atom stereocenters. The van der Waals surface area contributed by atoms with Gasteiger partial charge in [-0.3, -0.25) is 9.69 Å². The third kappa shape index (κ3) is 4.58. The van der Waals surface area contributed by atoms with Crippen LogP contribution in [0.15, 0.2) is 52.9 Å². The van der Waals surface area contributed by atoms with Gasteiger partial charge in [-0.2, -0.15) is 0 Å². The summed E-state index contributed by atoms with van der Waals surface area (Å²) in [6.45, 7) is 2.59. The SMILES string of the molecule is O=C(CCc1nc2ccccc2o1)NCC(O)CN1CCc2ccccc2C1. The lowest BCUT2D eigenvalue weighted by atomic mass is 10.00. The van der Waals surface area contributed by atoms with Crippen LogP contribution in [0.5, 0.6) is 0 Å². The molecule has 0 bridgehead atoms. The highest BCUT2D eigenvalue weighted by atomic mass is 16.3. The highest BCUT2D eigenvalue weighted by molar-refractivity contribution is 5.76. The van der Waals surface area contributed by atoms with Crippen molar-refractivity contribution in [2.45, 2.75) is 31.9 Å². The molecule has 2 N–H and O–H groups in total. The molecule has 6 heteroatoms. The van der Waals surface area contributed by atoms with Crippen LogP contribution in [0.3, 0.4) is 0 Å². The number of carbonyl (C=O) groups is 1. The van der Waals surface area contributed by atoms with Crippen molar-refractivity contribution in [1.29, 1.82) is 0 Å². The van der Waals surface area contributed by atoms with Crippen molar-refractivity contribution in [3.63, 3.8) is 0 Å². The van der Waals surface area contributed by atoms with E-state index in [2.05, 4.69) is 39.5 Å². The lowest BCUT2D eigenvalue weighted by Gasteiger charge is -2.30. The van der Waals surface area contributed by atoms with Crippen molar-refractivity contribution in [2.75, 3.05) is 19.6 Å². The number of amides is 1. The monoisotopic (exact) mass is 379 g/mol. The number of rotatable bonds is 7. The molecule has 4 rings (SSSR count). The Labute approximate surface area is 164 Å². The third-order valence-corrected chi connectivity index (χ3v) is 5.12. The number of hydrogen-bond donors (Lipinski definition) is 2. The number of aliphatic hydroxyl groups excluding tert-OH is 1. The van der Waals surface area contributed by atoms with E-state index in [1.54, 1.807) is 0 Å². The number of aryl methyl sites for hydroxylation is 1. The van der Waals surface area contributed by atoms with Crippen molar-refractivity contribution in [3.05, 3.63) is 65.5 Å². The zero-order chi connectivity index (χ0) is 19.3. The van der Waals surface area contributed by atoms with Crippen LogP contribution >= 0.6 is 0 Å². The summed E-state index contributed by atoms with van der Waals surface area (Å²) < 4.78 is 5.63. The molecule has 1 aliphatic heterocycles. The number of aliphatic hydroxyl groups is 1. The highest BCUT2D eigenvalue weighted by Crippen LogP contribution is 2.18. The van der Waals surface area contributed by atoms with E-state index in [9.17, 15) is 9.90 Å². The number of aromatic nitrogens is 1. The van der Waals surface area contributed by atoms with E-state index in [4.69, 9.17) is 4.42 Å². The number of nitrogens with one attached hydrogen (secondary N) is 1. The van der Waals surface area contributed by atoms with Gasteiger partial charge < -0.3 is 14.8 Å². The minimum atomic E-state index is -0.585. The number of carbonyl (C=O) groups excluding carboxylic acids is 1. The fourth-order valence-corrected chi connectivity index (χ4v) is 3.64. The molecule has 2 aromatic carbocycles. The fraction of sp³-hybridized carbons (Fsp3) is 0.364. The third-order valence-electron chi connectivity index (χ3n) is 5.12. The molecule has 2 heterocycles. The van der Waals surface area contributed by atoms with Gasteiger partial charge in [0.15, 0.2) is 11.5 Å². The van der Waals surface area contributed by atoms with Crippen molar-refractivity contribution in [3.8, 4) is 0 Å². The Kier molecular flexibility index (Phi) is 5.69. The predicted octanol–water partition coefficient (Wildman–Crippen LogP) is 2.30. The molecular formula is C22H25N3O3. The van der Waals surface area contributed by atoms with Crippen LogP contribution in [0.1, 0.15) is 23.4 Å². The number of nitrogens with zero attached hydrogens (tertiary/aromatic N) is 2. The van der Waals surface area contributed by atoms with Crippen LogP contribution in [0.2, 0.25) is 0 Å². The second-order valence-electron chi connectivity index (χ2n) is 7.29. The molecule has 0 aliphatic carbocycles. The lowest BCUT2D eigenvalue weighted by Crippen LogP contribution is -2.42. The van der Waals surface area contributed by atoms with Crippen molar-refractivity contribution >= 4 is 17.0 Å². The quantitative estimate of drug-likeness (QED) is 0.659. The van der Waals surface area contributed by atoms with Gasteiger partial charge in [0.05, 0.1) is 6.10 Å². The Bertz CT molecular complexity index is 920. The first-order valence-electron chi connectivity index (χ1n) is 9.76. The molecule has 1 atom stereocenters. The van der Waals surface area contributed by atoms with E-state index in [0.717, 1.165) is 30.6 Å². The van der Waals surface area contributed by atoms with Gasteiger partial charge in [-0.15, -0.1) is 0 Å². The first-order valence-corrected chi connectivity index (χ1v) is 9.76. The average molecular weight is 379 g/mol. The van der Waals surface area contributed by atoms with E-state index in [0.29, 0.717) is 18.9 Å². The van der Waals surface area contributed by atoms with Crippen molar-refractivity contribution in [2.24, 2.45) is 0 Å². The maximum absolute atomic E-state index is 12.1. The molecule has 0 radical (unpaired) electrons. The van der Waals surface area contributed by atoms with Gasteiger partial charge in [0.2, 0.25) is 5.91 Å². The molecule has 0 saturated carbocycles. The van der Waals surface area contributed by atoms with Crippen LogP contribution < -0.4 is 5.32 Å². The Hall–Kier alpha value is -2.70. The van der Waals surface area contributed by atoms with Crippen molar-refractivity contribution in [1.82, 2.24) is 15.2 Å². The van der Waals surface area contributed by atoms with Gasteiger partial charge in [-0.1, -0.05) is 36.4 Å². The molecule has 0 fully saturated rings. The summed E-state index contributed by atoms with van der Waals surface area (Å²) in [4.78, 5) is 18.7. The zero-order valence-electron chi connectivity index (χ0n) is 15.8. The molecule has 1 amide bonds. The minimum absolute atomic E-state index is 0.106. The molecule has 1 aliphatic rings. The molecule has 28 heavy (non-hydrogen) atoms. The van der Waals surface area contributed by atoms with Crippen molar-refractivity contribution < 1.29 is 14.3 Å². The topological polar surface area (TPSA) is 78.6 Å².